The molecule has 0 aromatic heterocycles. The van der Waals surface area contributed by atoms with Crippen LogP contribution in [0.3, 0.4) is 0 Å². The Kier molecular flexibility index (Phi) is 7.47. The number of benzene rings is 1. The summed E-state index contributed by atoms with van der Waals surface area (Å²) in [4.78, 5) is 38.9. The van der Waals surface area contributed by atoms with E-state index in [1.54, 1.807) is 39.3 Å². The van der Waals surface area contributed by atoms with E-state index in [4.69, 9.17) is 9.47 Å². The quantitative estimate of drug-likeness (QED) is 0.584. The van der Waals surface area contributed by atoms with Crippen molar-refractivity contribution in [1.29, 1.82) is 0 Å². The molecule has 2 N–H and O–H groups in total. The number of urea groups is 1. The number of methoxy groups -OCH3 is 2. The normalized spacial score (nSPS) is 16.4. The summed E-state index contributed by atoms with van der Waals surface area (Å²) in [6.45, 7) is 5.42. The standard InChI is InChI=1S/C21H31N3O5/c1-6-10-21(11-7-2)19(26)24(20(27)23-21)13-18(25)22-14(3)16-12-15(28-4)8-9-17(16)29-5/h8-9,12,14H,6-7,10-11,13H2,1-5H3,(H,22,25)(H,23,27). The number of imide groups is 1. The van der Waals surface area contributed by atoms with Crippen LogP contribution in [0.2, 0.25) is 0 Å². The van der Waals surface area contributed by atoms with Gasteiger partial charge in [-0.05, 0) is 38.0 Å². The van der Waals surface area contributed by atoms with Crippen molar-refractivity contribution in [2.75, 3.05) is 20.8 Å². The van der Waals surface area contributed by atoms with Gasteiger partial charge in [-0.1, -0.05) is 26.7 Å². The molecule has 1 heterocycles. The van der Waals surface area contributed by atoms with Crippen LogP contribution in [0.25, 0.3) is 0 Å². The number of ether oxygens (including phenoxy) is 2. The summed E-state index contributed by atoms with van der Waals surface area (Å²) in [5.41, 5.74) is -0.161. The number of rotatable bonds is 10. The third kappa shape index (κ3) is 4.81. The number of carbonyl (C=O) groups is 3. The molecule has 1 saturated heterocycles. The van der Waals surface area contributed by atoms with Crippen LogP contribution in [0, 0.1) is 0 Å². The maximum absolute atomic E-state index is 12.9. The fourth-order valence-corrected chi connectivity index (χ4v) is 3.82. The van der Waals surface area contributed by atoms with Gasteiger partial charge >= 0.3 is 6.03 Å². The fourth-order valence-electron chi connectivity index (χ4n) is 3.82. The molecule has 1 aliphatic heterocycles. The van der Waals surface area contributed by atoms with Crippen LogP contribution in [-0.2, 0) is 9.59 Å². The maximum Gasteiger partial charge on any atom is 0.325 e. The van der Waals surface area contributed by atoms with Crippen molar-refractivity contribution in [3.63, 3.8) is 0 Å². The number of nitrogens with one attached hydrogen (secondary N) is 2. The van der Waals surface area contributed by atoms with Gasteiger partial charge in [0.05, 0.1) is 20.3 Å². The van der Waals surface area contributed by atoms with E-state index in [9.17, 15) is 14.4 Å². The van der Waals surface area contributed by atoms with Crippen LogP contribution in [0.4, 0.5) is 4.79 Å². The summed E-state index contributed by atoms with van der Waals surface area (Å²) >= 11 is 0. The molecule has 0 radical (unpaired) electrons. The lowest BCUT2D eigenvalue weighted by Gasteiger charge is -2.25. The largest absolute Gasteiger partial charge is 0.497 e. The van der Waals surface area contributed by atoms with E-state index in [1.165, 1.54) is 0 Å². The van der Waals surface area contributed by atoms with Crippen LogP contribution < -0.4 is 20.1 Å². The molecule has 0 aliphatic carbocycles. The first-order chi connectivity index (χ1) is 13.8. The Morgan fingerprint density at radius 2 is 1.83 bits per heavy atom. The minimum absolute atomic E-state index is 0.323. The number of nitrogens with zero attached hydrogens (tertiary/aromatic N) is 1. The topological polar surface area (TPSA) is 97.0 Å². The maximum atomic E-state index is 12.9. The second kappa shape index (κ2) is 9.62. The van der Waals surface area contributed by atoms with Crippen molar-refractivity contribution < 1.29 is 23.9 Å². The Labute approximate surface area is 171 Å². The second-order valence-electron chi connectivity index (χ2n) is 7.30. The molecule has 160 valence electrons. The molecule has 0 bridgehead atoms. The number of hydrogen-bond acceptors (Lipinski definition) is 5. The van der Waals surface area contributed by atoms with E-state index in [-0.39, 0.29) is 12.5 Å². The molecule has 1 aromatic carbocycles. The van der Waals surface area contributed by atoms with Gasteiger partial charge < -0.3 is 20.1 Å². The highest BCUT2D eigenvalue weighted by molar-refractivity contribution is 6.09. The predicted molar refractivity (Wildman–Crippen MR) is 109 cm³/mol. The Bertz CT molecular complexity index is 759. The monoisotopic (exact) mass is 405 g/mol. The predicted octanol–water partition coefficient (Wildman–Crippen LogP) is 2.77. The lowest BCUT2D eigenvalue weighted by Crippen LogP contribution is -2.47. The Morgan fingerprint density at radius 1 is 1.17 bits per heavy atom. The molecule has 1 unspecified atom stereocenters. The van der Waals surface area contributed by atoms with Crippen LogP contribution in [0.5, 0.6) is 11.5 Å². The van der Waals surface area contributed by atoms with Gasteiger partial charge in [-0.15, -0.1) is 0 Å². The second-order valence-corrected chi connectivity index (χ2v) is 7.30. The van der Waals surface area contributed by atoms with Crippen molar-refractivity contribution in [2.45, 2.75) is 58.0 Å². The van der Waals surface area contributed by atoms with Gasteiger partial charge in [-0.25, -0.2) is 4.79 Å². The molecule has 8 nitrogen and oxygen atoms in total. The molecule has 4 amide bonds. The summed E-state index contributed by atoms with van der Waals surface area (Å²) < 4.78 is 10.6. The molecule has 0 saturated carbocycles. The molecule has 8 heteroatoms. The molecular formula is C21H31N3O5. The molecule has 2 rings (SSSR count). The van der Waals surface area contributed by atoms with Gasteiger partial charge in [0.1, 0.15) is 23.6 Å². The summed E-state index contributed by atoms with van der Waals surface area (Å²) in [5, 5.41) is 5.65. The Morgan fingerprint density at radius 3 is 2.38 bits per heavy atom. The van der Waals surface area contributed by atoms with E-state index in [0.717, 1.165) is 23.3 Å². The zero-order valence-electron chi connectivity index (χ0n) is 17.8. The SMILES string of the molecule is CCCC1(CCC)NC(=O)N(CC(=O)NC(C)c2cc(OC)ccc2OC)C1=O. The molecule has 1 fully saturated rings. The molecule has 1 aliphatic rings. The van der Waals surface area contributed by atoms with E-state index >= 15 is 0 Å². The zero-order chi connectivity index (χ0) is 21.6. The van der Waals surface area contributed by atoms with Gasteiger partial charge in [-0.2, -0.15) is 0 Å². The van der Waals surface area contributed by atoms with Crippen molar-refractivity contribution >= 4 is 17.8 Å². The average molecular weight is 405 g/mol. The molecule has 1 aromatic rings. The third-order valence-corrected chi connectivity index (χ3v) is 5.18. The van der Waals surface area contributed by atoms with Crippen LogP contribution in [0.1, 0.15) is 58.1 Å². The summed E-state index contributed by atoms with van der Waals surface area (Å²) in [6.07, 6.45) is 2.64. The van der Waals surface area contributed by atoms with Gasteiger partial charge in [0.25, 0.3) is 5.91 Å². The van der Waals surface area contributed by atoms with Crippen molar-refractivity contribution in [2.24, 2.45) is 0 Å². The van der Waals surface area contributed by atoms with E-state index in [1.807, 2.05) is 13.8 Å². The van der Waals surface area contributed by atoms with Crippen LogP contribution in [0.15, 0.2) is 18.2 Å². The summed E-state index contributed by atoms with van der Waals surface area (Å²) in [6, 6.07) is 4.40. The highest BCUT2D eigenvalue weighted by Crippen LogP contribution is 2.30. The van der Waals surface area contributed by atoms with Crippen LogP contribution in [-0.4, -0.2) is 49.0 Å². The van der Waals surface area contributed by atoms with Gasteiger partial charge in [-0.3, -0.25) is 14.5 Å². The number of hydrogen-bond donors (Lipinski definition) is 2. The summed E-state index contributed by atoms with van der Waals surface area (Å²) in [7, 11) is 3.11. The molecular weight excluding hydrogens is 374 g/mol. The first-order valence-corrected chi connectivity index (χ1v) is 9.97. The summed E-state index contributed by atoms with van der Waals surface area (Å²) in [5.74, 6) is 0.501. The minimum atomic E-state index is -0.900. The van der Waals surface area contributed by atoms with Crippen molar-refractivity contribution in [3.8, 4) is 11.5 Å². The smallest absolute Gasteiger partial charge is 0.325 e. The third-order valence-electron chi connectivity index (χ3n) is 5.18. The van der Waals surface area contributed by atoms with Crippen molar-refractivity contribution in [3.05, 3.63) is 23.8 Å². The minimum Gasteiger partial charge on any atom is -0.497 e. The highest BCUT2D eigenvalue weighted by atomic mass is 16.5. The number of amides is 4. The van der Waals surface area contributed by atoms with E-state index in [0.29, 0.717) is 24.3 Å². The van der Waals surface area contributed by atoms with E-state index < -0.39 is 23.5 Å². The fraction of sp³-hybridized carbons (Fsp3) is 0.571. The zero-order valence-corrected chi connectivity index (χ0v) is 17.8. The average Bonchev–Trinajstić information content (AvgIpc) is 2.92. The Hall–Kier alpha value is -2.77. The molecule has 29 heavy (non-hydrogen) atoms. The molecule has 1 atom stereocenters. The first kappa shape index (κ1) is 22.5. The first-order valence-electron chi connectivity index (χ1n) is 9.97. The van der Waals surface area contributed by atoms with Gasteiger partial charge in [0.15, 0.2) is 0 Å². The van der Waals surface area contributed by atoms with Crippen molar-refractivity contribution in [1.82, 2.24) is 15.5 Å². The number of carbonyl (C=O) groups excluding carboxylic acids is 3. The highest BCUT2D eigenvalue weighted by Gasteiger charge is 2.50. The van der Waals surface area contributed by atoms with E-state index in [2.05, 4.69) is 10.6 Å². The van der Waals surface area contributed by atoms with Crippen LogP contribution >= 0.6 is 0 Å². The lowest BCUT2D eigenvalue weighted by atomic mass is 9.88. The lowest BCUT2D eigenvalue weighted by molar-refractivity contribution is -0.135. The van der Waals surface area contributed by atoms with Gasteiger partial charge in [0.2, 0.25) is 5.91 Å². The Balaban J connectivity index is 2.11. The van der Waals surface area contributed by atoms with Gasteiger partial charge in [0, 0.05) is 5.56 Å². The molecule has 0 spiro atoms.